The zero-order valence-electron chi connectivity index (χ0n) is 18.2. The summed E-state index contributed by atoms with van der Waals surface area (Å²) in [6.07, 6.45) is 0.731. The van der Waals surface area contributed by atoms with E-state index in [1.807, 2.05) is 30.3 Å². The van der Waals surface area contributed by atoms with Crippen molar-refractivity contribution < 1.29 is 23.8 Å². The Morgan fingerprint density at radius 2 is 1.94 bits per heavy atom. The average Bonchev–Trinajstić information content (AvgIpc) is 3.19. The zero-order chi connectivity index (χ0) is 22.5. The molecule has 0 unspecified atom stereocenters. The first kappa shape index (κ1) is 22.7. The van der Waals surface area contributed by atoms with Crippen molar-refractivity contribution in [3.63, 3.8) is 0 Å². The third-order valence-electron chi connectivity index (χ3n) is 5.16. The van der Waals surface area contributed by atoms with E-state index in [0.717, 1.165) is 22.4 Å². The van der Waals surface area contributed by atoms with Gasteiger partial charge in [0.25, 0.3) is 0 Å². The Morgan fingerprint density at radius 3 is 2.61 bits per heavy atom. The molecule has 31 heavy (non-hydrogen) atoms. The number of ether oxygens (including phenoxy) is 3. The quantitative estimate of drug-likeness (QED) is 0.673. The number of methoxy groups -OCH3 is 2. The molecule has 0 bridgehead atoms. The summed E-state index contributed by atoms with van der Waals surface area (Å²) >= 11 is 6.51. The SMILES string of the molecule is COc1ccc(OC)c(-c2cc(Cl)c3c(c2)C[C@@H](CNC(=O)CCC(=O)N(C)C)O3)c1. The normalized spacial score (nSPS) is 14.4. The van der Waals surface area contributed by atoms with Crippen LogP contribution >= 0.6 is 11.6 Å². The van der Waals surface area contributed by atoms with Crippen LogP contribution in [0.15, 0.2) is 30.3 Å². The predicted octanol–water partition coefficient (Wildman–Crippen LogP) is 3.31. The van der Waals surface area contributed by atoms with Crippen LogP contribution in [0.5, 0.6) is 17.2 Å². The van der Waals surface area contributed by atoms with Gasteiger partial charge in [-0.05, 0) is 35.9 Å². The Balaban J connectivity index is 1.68. The molecule has 2 amide bonds. The summed E-state index contributed by atoms with van der Waals surface area (Å²) < 4.78 is 16.8. The van der Waals surface area contributed by atoms with Gasteiger partial charge in [0.05, 0.1) is 25.8 Å². The Morgan fingerprint density at radius 1 is 1.16 bits per heavy atom. The molecular weight excluding hydrogens is 420 g/mol. The van der Waals surface area contributed by atoms with Gasteiger partial charge in [-0.3, -0.25) is 9.59 Å². The number of benzene rings is 2. The molecular formula is C23H27ClN2O5. The summed E-state index contributed by atoms with van der Waals surface area (Å²) in [5, 5.41) is 3.34. The van der Waals surface area contributed by atoms with Crippen molar-refractivity contribution in [1.82, 2.24) is 10.2 Å². The number of halogens is 1. The highest BCUT2D eigenvalue weighted by Crippen LogP contribution is 2.42. The van der Waals surface area contributed by atoms with Gasteiger partial charge >= 0.3 is 0 Å². The van der Waals surface area contributed by atoms with E-state index in [-0.39, 0.29) is 30.8 Å². The van der Waals surface area contributed by atoms with Gasteiger partial charge in [0, 0.05) is 44.5 Å². The molecule has 166 valence electrons. The van der Waals surface area contributed by atoms with Crippen molar-refractivity contribution in [2.75, 3.05) is 34.9 Å². The third kappa shape index (κ3) is 5.41. The second-order valence-corrected chi connectivity index (χ2v) is 7.96. The molecule has 1 atom stereocenters. The van der Waals surface area contributed by atoms with E-state index in [4.69, 9.17) is 25.8 Å². The summed E-state index contributed by atoms with van der Waals surface area (Å²) in [6, 6.07) is 9.46. The number of hydrogen-bond donors (Lipinski definition) is 1. The van der Waals surface area contributed by atoms with Crippen molar-refractivity contribution in [3.05, 3.63) is 40.9 Å². The highest BCUT2D eigenvalue weighted by atomic mass is 35.5. The maximum atomic E-state index is 12.0. The lowest BCUT2D eigenvalue weighted by molar-refractivity contribution is -0.131. The Hall–Kier alpha value is -2.93. The van der Waals surface area contributed by atoms with E-state index >= 15 is 0 Å². The summed E-state index contributed by atoms with van der Waals surface area (Å²) in [6.45, 7) is 0.345. The van der Waals surface area contributed by atoms with Gasteiger partial charge in [-0.1, -0.05) is 11.6 Å². The van der Waals surface area contributed by atoms with Crippen LogP contribution in [-0.4, -0.2) is 57.7 Å². The molecule has 8 heteroatoms. The van der Waals surface area contributed by atoms with E-state index in [1.165, 1.54) is 4.90 Å². The number of carbonyl (C=O) groups excluding carboxylic acids is 2. The second-order valence-electron chi connectivity index (χ2n) is 7.55. The smallest absolute Gasteiger partial charge is 0.222 e. The highest BCUT2D eigenvalue weighted by Gasteiger charge is 2.27. The molecule has 1 aliphatic rings. The fourth-order valence-electron chi connectivity index (χ4n) is 3.46. The molecule has 7 nitrogen and oxygen atoms in total. The molecule has 0 radical (unpaired) electrons. The van der Waals surface area contributed by atoms with Crippen molar-refractivity contribution in [3.8, 4) is 28.4 Å². The van der Waals surface area contributed by atoms with Gasteiger partial charge in [-0.15, -0.1) is 0 Å². The second kappa shape index (κ2) is 9.92. The largest absolute Gasteiger partial charge is 0.497 e. The Bertz CT molecular complexity index is 977. The zero-order valence-corrected chi connectivity index (χ0v) is 18.9. The minimum absolute atomic E-state index is 0.0769. The number of rotatable bonds is 8. The first-order chi connectivity index (χ1) is 14.8. The molecule has 0 spiro atoms. The van der Waals surface area contributed by atoms with Crippen LogP contribution in [0.1, 0.15) is 18.4 Å². The lowest BCUT2D eigenvalue weighted by Gasteiger charge is -2.13. The summed E-state index contributed by atoms with van der Waals surface area (Å²) in [4.78, 5) is 25.1. The van der Waals surface area contributed by atoms with Crippen LogP contribution in [0, 0.1) is 0 Å². The van der Waals surface area contributed by atoms with Crippen LogP contribution in [0.3, 0.4) is 0 Å². The molecule has 0 saturated heterocycles. The molecule has 0 fully saturated rings. The molecule has 0 saturated carbocycles. The Kier molecular flexibility index (Phi) is 7.28. The summed E-state index contributed by atoms with van der Waals surface area (Å²) in [7, 11) is 6.57. The van der Waals surface area contributed by atoms with Gasteiger partial charge in [0.15, 0.2) is 0 Å². The van der Waals surface area contributed by atoms with Gasteiger partial charge in [0.1, 0.15) is 23.4 Å². The van der Waals surface area contributed by atoms with Gasteiger partial charge < -0.3 is 24.4 Å². The van der Waals surface area contributed by atoms with Crippen molar-refractivity contribution in [1.29, 1.82) is 0 Å². The number of nitrogens with zero attached hydrogens (tertiary/aromatic N) is 1. The lowest BCUT2D eigenvalue weighted by atomic mass is 9.99. The van der Waals surface area contributed by atoms with Gasteiger partial charge in [-0.25, -0.2) is 0 Å². The fraction of sp³-hybridized carbons (Fsp3) is 0.391. The molecule has 2 aromatic rings. The number of amides is 2. The lowest BCUT2D eigenvalue weighted by Crippen LogP contribution is -2.35. The van der Waals surface area contributed by atoms with E-state index in [9.17, 15) is 9.59 Å². The van der Waals surface area contributed by atoms with Crippen molar-refractivity contribution >= 4 is 23.4 Å². The van der Waals surface area contributed by atoms with Crippen LogP contribution in [-0.2, 0) is 16.0 Å². The third-order valence-corrected chi connectivity index (χ3v) is 5.44. The number of nitrogens with one attached hydrogen (secondary N) is 1. The van der Waals surface area contributed by atoms with Crippen LogP contribution in [0.4, 0.5) is 0 Å². The molecule has 0 aromatic heterocycles. The first-order valence-corrected chi connectivity index (χ1v) is 10.4. The van der Waals surface area contributed by atoms with Crippen LogP contribution in [0.25, 0.3) is 11.1 Å². The van der Waals surface area contributed by atoms with Gasteiger partial charge in [0.2, 0.25) is 11.8 Å². The van der Waals surface area contributed by atoms with Crippen LogP contribution in [0.2, 0.25) is 5.02 Å². The van der Waals surface area contributed by atoms with Gasteiger partial charge in [-0.2, -0.15) is 0 Å². The fourth-order valence-corrected chi connectivity index (χ4v) is 3.74. The number of fused-ring (bicyclic) bond motifs is 1. The van der Waals surface area contributed by atoms with E-state index in [2.05, 4.69) is 5.32 Å². The molecule has 1 N–H and O–H groups in total. The predicted molar refractivity (Wildman–Crippen MR) is 119 cm³/mol. The maximum absolute atomic E-state index is 12.0. The molecule has 3 rings (SSSR count). The minimum Gasteiger partial charge on any atom is -0.497 e. The molecule has 1 heterocycles. The molecule has 1 aliphatic heterocycles. The van der Waals surface area contributed by atoms with E-state index in [0.29, 0.717) is 29.5 Å². The first-order valence-electron chi connectivity index (χ1n) is 10.0. The number of carbonyl (C=O) groups is 2. The molecule has 0 aliphatic carbocycles. The monoisotopic (exact) mass is 446 g/mol. The average molecular weight is 447 g/mol. The summed E-state index contributed by atoms with van der Waals surface area (Å²) in [5.41, 5.74) is 2.73. The minimum atomic E-state index is -0.219. The van der Waals surface area contributed by atoms with E-state index < -0.39 is 0 Å². The van der Waals surface area contributed by atoms with Crippen molar-refractivity contribution in [2.24, 2.45) is 0 Å². The topological polar surface area (TPSA) is 77.1 Å². The standard InChI is InChI=1S/C23H27ClN2O5/c1-26(2)22(28)8-7-21(27)25-13-17-10-15-9-14(11-19(24)23(15)31-17)18-12-16(29-3)5-6-20(18)30-4/h5-6,9,11-12,17H,7-8,10,13H2,1-4H3,(H,25,27)/t17-/m0/s1. The maximum Gasteiger partial charge on any atom is 0.222 e. The molecule has 2 aromatic carbocycles. The highest BCUT2D eigenvalue weighted by molar-refractivity contribution is 6.32. The Labute approximate surface area is 187 Å². The van der Waals surface area contributed by atoms with Crippen LogP contribution < -0.4 is 19.5 Å². The van der Waals surface area contributed by atoms with E-state index in [1.54, 1.807) is 28.3 Å². The number of hydrogen-bond acceptors (Lipinski definition) is 5. The summed E-state index contributed by atoms with van der Waals surface area (Å²) in [5.74, 6) is 1.81. The van der Waals surface area contributed by atoms with Crippen molar-refractivity contribution in [2.45, 2.75) is 25.4 Å².